The highest BCUT2D eigenvalue weighted by molar-refractivity contribution is 7.84. The van der Waals surface area contributed by atoms with Gasteiger partial charge >= 0.3 is 0 Å². The van der Waals surface area contributed by atoms with E-state index in [-0.39, 0.29) is 28.1 Å². The van der Waals surface area contributed by atoms with Crippen LogP contribution in [0, 0.1) is 5.41 Å². The summed E-state index contributed by atoms with van der Waals surface area (Å²) in [4.78, 5) is 43.9. The van der Waals surface area contributed by atoms with Crippen molar-refractivity contribution in [3.63, 3.8) is 0 Å². The molecule has 1 aromatic rings. The zero-order valence-corrected chi connectivity index (χ0v) is 16.0. The van der Waals surface area contributed by atoms with Crippen LogP contribution in [-0.4, -0.2) is 58.4 Å². The fourth-order valence-corrected chi connectivity index (χ4v) is 2.11. The van der Waals surface area contributed by atoms with E-state index in [1.165, 1.54) is 25.2 Å². The predicted molar refractivity (Wildman–Crippen MR) is 105 cm³/mol. The van der Waals surface area contributed by atoms with Crippen molar-refractivity contribution in [2.24, 2.45) is 11.5 Å². The van der Waals surface area contributed by atoms with Crippen LogP contribution < -0.4 is 22.1 Å². The van der Waals surface area contributed by atoms with Gasteiger partial charge in [-0.2, -0.15) is 0 Å². The molecule has 1 atom stereocenters. The van der Waals surface area contributed by atoms with Gasteiger partial charge in [-0.15, -0.1) is 12.6 Å². The molecule has 1 aromatic heterocycles. The van der Waals surface area contributed by atoms with Gasteiger partial charge in [0.15, 0.2) is 11.5 Å². The van der Waals surface area contributed by atoms with Crippen LogP contribution in [0.1, 0.15) is 23.8 Å². The molecular weight excluding hydrogens is 372 g/mol. The number of nitrogens with two attached hydrogens (primary N) is 2. The maximum absolute atomic E-state index is 11.7. The number of rotatable bonds is 9. The van der Waals surface area contributed by atoms with Crippen LogP contribution >= 0.6 is 12.6 Å². The molecule has 0 aliphatic carbocycles. The van der Waals surface area contributed by atoms with E-state index in [4.69, 9.17) is 16.9 Å². The van der Waals surface area contributed by atoms with E-state index >= 15 is 0 Å². The Labute approximate surface area is 161 Å². The number of carbonyl (C=O) groups is 3. The van der Waals surface area contributed by atoms with E-state index in [0.29, 0.717) is 6.42 Å². The molecule has 0 fully saturated rings. The van der Waals surface area contributed by atoms with Crippen molar-refractivity contribution >= 4 is 47.7 Å². The van der Waals surface area contributed by atoms with Gasteiger partial charge in [0.2, 0.25) is 5.91 Å². The minimum Gasteiger partial charge on any atom is -0.368 e. The fraction of sp³-hybridized carbons (Fsp3) is 0.333. The Balaban J connectivity index is 3.14. The molecule has 0 aliphatic rings. The van der Waals surface area contributed by atoms with Gasteiger partial charge in [-0.05, 0) is 12.5 Å². The fourth-order valence-electron chi connectivity index (χ4n) is 1.88. The molecule has 3 amide bonds. The van der Waals surface area contributed by atoms with Crippen molar-refractivity contribution in [1.29, 1.82) is 5.41 Å². The highest BCUT2D eigenvalue weighted by Gasteiger charge is 2.18. The molecule has 12 heteroatoms. The van der Waals surface area contributed by atoms with Crippen LogP contribution in [0.15, 0.2) is 17.3 Å². The third-order valence-electron chi connectivity index (χ3n) is 3.24. The summed E-state index contributed by atoms with van der Waals surface area (Å²) in [5, 5.41) is 13.2. The smallest absolute Gasteiger partial charge is 0.271 e. The SMILES string of the molecule is CC[C@@H](Nc1cnc(C(N)=O)c(N/C(S)=C/C(=N)C(=O)N(C)C)n1)C(N)=O. The average molecular weight is 394 g/mol. The monoisotopic (exact) mass is 394 g/mol. The van der Waals surface area contributed by atoms with Crippen molar-refractivity contribution in [3.05, 3.63) is 23.0 Å². The first-order chi connectivity index (χ1) is 12.6. The number of anilines is 2. The topological polar surface area (TPSA) is 180 Å². The Morgan fingerprint density at radius 2 is 2.00 bits per heavy atom. The summed E-state index contributed by atoms with van der Waals surface area (Å²) < 4.78 is 0. The Kier molecular flexibility index (Phi) is 7.72. The van der Waals surface area contributed by atoms with E-state index in [1.807, 2.05) is 0 Å². The van der Waals surface area contributed by atoms with Crippen LogP contribution in [0.25, 0.3) is 0 Å². The summed E-state index contributed by atoms with van der Waals surface area (Å²) in [5.41, 5.74) is 10.0. The molecule has 27 heavy (non-hydrogen) atoms. The standard InChI is InChI=1S/C15H22N8O3S/c1-4-8(12(17)24)20-9-6-19-11(13(18)25)14(21-9)22-10(27)5-7(16)15(26)23(2)3/h5-6,8,16,27H,4H2,1-3H3,(H2,17,24)(H2,18,25)(H2,20,21,22)/b10-5-,16-7?/t8-/m1/s1. The molecular formula is C15H22N8O3S. The van der Waals surface area contributed by atoms with Gasteiger partial charge in [0, 0.05) is 14.1 Å². The molecule has 0 unspecified atom stereocenters. The van der Waals surface area contributed by atoms with E-state index in [9.17, 15) is 14.4 Å². The summed E-state index contributed by atoms with van der Waals surface area (Å²) in [6, 6.07) is -0.677. The van der Waals surface area contributed by atoms with Crippen molar-refractivity contribution in [3.8, 4) is 0 Å². The molecule has 1 rings (SSSR count). The molecule has 0 saturated carbocycles. The van der Waals surface area contributed by atoms with Gasteiger partial charge in [-0.3, -0.25) is 19.8 Å². The molecule has 7 N–H and O–H groups in total. The van der Waals surface area contributed by atoms with Crippen molar-refractivity contribution < 1.29 is 14.4 Å². The van der Waals surface area contributed by atoms with E-state index < -0.39 is 23.8 Å². The Bertz CT molecular complexity index is 793. The second-order valence-electron chi connectivity index (χ2n) is 5.59. The zero-order valence-electron chi connectivity index (χ0n) is 15.1. The molecule has 0 aliphatic heterocycles. The summed E-state index contributed by atoms with van der Waals surface area (Å²) in [7, 11) is 3.01. The summed E-state index contributed by atoms with van der Waals surface area (Å²) in [6.45, 7) is 1.76. The van der Waals surface area contributed by atoms with Gasteiger partial charge in [-0.1, -0.05) is 6.92 Å². The van der Waals surface area contributed by atoms with Gasteiger partial charge < -0.3 is 27.0 Å². The van der Waals surface area contributed by atoms with Crippen molar-refractivity contribution in [2.45, 2.75) is 19.4 Å². The maximum Gasteiger partial charge on any atom is 0.271 e. The number of carbonyl (C=O) groups excluding carboxylic acids is 3. The number of primary amides is 2. The first-order valence-corrected chi connectivity index (χ1v) is 8.22. The van der Waals surface area contributed by atoms with E-state index in [2.05, 4.69) is 33.2 Å². The summed E-state index contributed by atoms with van der Waals surface area (Å²) in [6.07, 6.45) is 2.80. The lowest BCUT2D eigenvalue weighted by molar-refractivity contribution is -0.121. The Hall–Kier alpha value is -3.15. The van der Waals surface area contributed by atoms with E-state index in [1.54, 1.807) is 6.92 Å². The minimum absolute atomic E-state index is 0.0572. The first kappa shape index (κ1) is 21.9. The second kappa shape index (κ2) is 9.52. The van der Waals surface area contributed by atoms with Crippen molar-refractivity contribution in [1.82, 2.24) is 14.9 Å². The normalized spacial score (nSPS) is 12.1. The van der Waals surface area contributed by atoms with Gasteiger partial charge in [0.05, 0.1) is 11.2 Å². The lowest BCUT2D eigenvalue weighted by Gasteiger charge is -2.15. The largest absolute Gasteiger partial charge is 0.368 e. The number of nitrogens with zero attached hydrogens (tertiary/aromatic N) is 3. The highest BCUT2D eigenvalue weighted by Crippen LogP contribution is 2.17. The highest BCUT2D eigenvalue weighted by atomic mass is 32.1. The summed E-state index contributed by atoms with van der Waals surface area (Å²) >= 11 is 4.14. The molecule has 1 heterocycles. The molecule has 11 nitrogen and oxygen atoms in total. The lowest BCUT2D eigenvalue weighted by atomic mass is 10.2. The molecule has 0 radical (unpaired) electrons. The number of hydrogen-bond donors (Lipinski definition) is 6. The molecule has 0 bridgehead atoms. The zero-order chi connectivity index (χ0) is 20.7. The molecule has 146 valence electrons. The van der Waals surface area contributed by atoms with Gasteiger partial charge in [-0.25, -0.2) is 9.97 Å². The maximum atomic E-state index is 11.7. The molecule has 0 aromatic carbocycles. The number of hydrogen-bond acceptors (Lipinski definition) is 9. The van der Waals surface area contributed by atoms with Crippen LogP contribution in [0.5, 0.6) is 0 Å². The van der Waals surface area contributed by atoms with Gasteiger partial charge in [0.1, 0.15) is 17.6 Å². The Morgan fingerprint density at radius 3 is 2.48 bits per heavy atom. The molecule has 0 spiro atoms. The van der Waals surface area contributed by atoms with Crippen LogP contribution in [0.3, 0.4) is 0 Å². The summed E-state index contributed by atoms with van der Waals surface area (Å²) in [5.74, 6) is -1.84. The van der Waals surface area contributed by atoms with Crippen molar-refractivity contribution in [2.75, 3.05) is 24.7 Å². The average Bonchev–Trinajstić information content (AvgIpc) is 2.58. The van der Waals surface area contributed by atoms with Crippen LogP contribution in [0.4, 0.5) is 11.6 Å². The number of aromatic nitrogens is 2. The first-order valence-electron chi connectivity index (χ1n) is 7.77. The number of nitrogens with one attached hydrogen (secondary N) is 3. The second-order valence-corrected chi connectivity index (χ2v) is 6.07. The third kappa shape index (κ3) is 6.26. The Morgan fingerprint density at radius 1 is 1.37 bits per heavy atom. The quantitative estimate of drug-likeness (QED) is 0.242. The minimum atomic E-state index is -0.848. The molecule has 0 saturated heterocycles. The third-order valence-corrected chi connectivity index (χ3v) is 3.48. The predicted octanol–water partition coefficient (Wildman–Crippen LogP) is -0.458. The van der Waals surface area contributed by atoms with Gasteiger partial charge in [0.25, 0.3) is 11.8 Å². The van der Waals surface area contributed by atoms with Crippen LogP contribution in [-0.2, 0) is 9.59 Å². The van der Waals surface area contributed by atoms with E-state index in [0.717, 1.165) is 6.08 Å². The van der Waals surface area contributed by atoms with Crippen LogP contribution in [0.2, 0.25) is 0 Å². The number of amides is 3. The number of thiol groups is 1. The lowest BCUT2D eigenvalue weighted by Crippen LogP contribution is -2.35.